The van der Waals surface area contributed by atoms with Crippen molar-refractivity contribution >= 4 is 17.9 Å². The highest BCUT2D eigenvalue weighted by atomic mass is 28.4. The summed E-state index contributed by atoms with van der Waals surface area (Å²) < 4.78 is 2.86. The number of nitrogens with zero attached hydrogens (tertiary/aromatic N) is 1. The molecule has 0 atom stereocenters. The van der Waals surface area contributed by atoms with Crippen LogP contribution in [0.5, 0.6) is 0 Å². The average molecular weight is 203 g/mol. The van der Waals surface area contributed by atoms with E-state index in [0.717, 1.165) is 0 Å². The fourth-order valence-electron chi connectivity index (χ4n) is 1.40. The topological polar surface area (TPSA) is 3.24 Å². The molecule has 0 aromatic heterocycles. The molecule has 12 heavy (non-hydrogen) atoms. The third-order valence-electron chi connectivity index (χ3n) is 2.22. The van der Waals surface area contributed by atoms with Crippen molar-refractivity contribution < 1.29 is 0 Å². The molecule has 0 unspecified atom stereocenters. The molecule has 0 spiro atoms. The Morgan fingerprint density at radius 3 is 2.00 bits per heavy atom. The van der Waals surface area contributed by atoms with Gasteiger partial charge in [-0.2, -0.15) is 0 Å². The molecule has 0 aliphatic carbocycles. The minimum atomic E-state index is -0.950. The molecular formula is C9H25NSi2. The highest BCUT2D eigenvalue weighted by Gasteiger charge is 2.21. The normalized spacial score (nSPS) is 13.5. The van der Waals surface area contributed by atoms with Crippen LogP contribution in [0.3, 0.4) is 0 Å². The van der Waals surface area contributed by atoms with Gasteiger partial charge in [0, 0.05) is 0 Å². The lowest BCUT2D eigenvalue weighted by molar-refractivity contribution is 0.622. The van der Waals surface area contributed by atoms with Crippen molar-refractivity contribution in [3.63, 3.8) is 0 Å². The van der Waals surface area contributed by atoms with Gasteiger partial charge in [0.15, 0.2) is 0 Å². The maximum atomic E-state index is 2.86. The Hall–Kier alpha value is 0.394. The van der Waals surface area contributed by atoms with Crippen molar-refractivity contribution in [1.29, 1.82) is 0 Å². The Labute approximate surface area is 81.5 Å². The lowest BCUT2D eigenvalue weighted by Gasteiger charge is -2.33. The molecule has 1 nitrogen and oxygen atoms in total. The monoisotopic (exact) mass is 203 g/mol. The molecule has 74 valence electrons. The van der Waals surface area contributed by atoms with E-state index in [9.17, 15) is 0 Å². The Balaban J connectivity index is 3.86. The van der Waals surface area contributed by atoms with Crippen LogP contribution in [0.4, 0.5) is 0 Å². The lowest BCUT2D eigenvalue weighted by Crippen LogP contribution is -2.48. The Bertz CT molecular complexity index is 110. The summed E-state index contributed by atoms with van der Waals surface area (Å²) in [5, 5.41) is 0. The molecule has 0 aromatic carbocycles. The van der Waals surface area contributed by atoms with Crippen LogP contribution >= 0.6 is 0 Å². The van der Waals surface area contributed by atoms with Crippen molar-refractivity contribution in [2.45, 2.75) is 52.4 Å². The second-order valence-corrected chi connectivity index (χ2v) is 12.0. The number of rotatable bonds is 6. The molecule has 0 heterocycles. The summed E-state index contributed by atoms with van der Waals surface area (Å²) in [5.41, 5.74) is 0. The van der Waals surface area contributed by atoms with E-state index in [4.69, 9.17) is 0 Å². The van der Waals surface area contributed by atoms with Crippen molar-refractivity contribution in [3.05, 3.63) is 0 Å². The van der Waals surface area contributed by atoms with Gasteiger partial charge in [-0.3, -0.25) is 0 Å². The standard InChI is InChI=1S/C9H25NSi2/c1-6-8-10(11-9-7-2)12(3,4)5/h6-9,11H2,1-5H3. The SMILES string of the molecule is CCC[SiH2]N(CCC)[Si](C)(C)C. The molecule has 0 bridgehead atoms. The van der Waals surface area contributed by atoms with Crippen LogP contribution in [0, 0.1) is 0 Å². The quantitative estimate of drug-likeness (QED) is 0.600. The summed E-state index contributed by atoms with van der Waals surface area (Å²) in [6.45, 7) is 13.4. The van der Waals surface area contributed by atoms with Gasteiger partial charge in [0.1, 0.15) is 8.24 Å². The van der Waals surface area contributed by atoms with Crippen molar-refractivity contribution in [1.82, 2.24) is 4.23 Å². The summed E-state index contributed by atoms with van der Waals surface area (Å²) in [6, 6.07) is 1.50. The Morgan fingerprint density at radius 2 is 1.67 bits per heavy atom. The van der Waals surface area contributed by atoms with E-state index >= 15 is 0 Å². The zero-order valence-electron chi connectivity index (χ0n) is 9.48. The van der Waals surface area contributed by atoms with Gasteiger partial charge in [-0.25, -0.2) is 0 Å². The third kappa shape index (κ3) is 5.11. The minimum Gasteiger partial charge on any atom is -0.350 e. The fraction of sp³-hybridized carbons (Fsp3) is 1.00. The van der Waals surface area contributed by atoms with E-state index in [-0.39, 0.29) is 9.68 Å². The van der Waals surface area contributed by atoms with Gasteiger partial charge in [-0.1, -0.05) is 46.0 Å². The molecule has 0 aliphatic rings. The van der Waals surface area contributed by atoms with Gasteiger partial charge in [-0.15, -0.1) is 0 Å². The fourth-order valence-corrected chi connectivity index (χ4v) is 6.69. The molecule has 0 fully saturated rings. The zero-order valence-corrected chi connectivity index (χ0v) is 11.9. The van der Waals surface area contributed by atoms with E-state index in [1.807, 2.05) is 0 Å². The van der Waals surface area contributed by atoms with Crippen LogP contribution in [-0.2, 0) is 0 Å². The summed E-state index contributed by atoms with van der Waals surface area (Å²) in [4.78, 5) is 0. The van der Waals surface area contributed by atoms with Gasteiger partial charge >= 0.3 is 0 Å². The predicted molar refractivity (Wildman–Crippen MR) is 64.0 cm³/mol. The van der Waals surface area contributed by atoms with Crippen LogP contribution < -0.4 is 0 Å². The first-order valence-electron chi connectivity index (χ1n) is 5.27. The van der Waals surface area contributed by atoms with Crippen LogP contribution in [0.1, 0.15) is 26.7 Å². The first-order valence-corrected chi connectivity index (χ1v) is 10.3. The van der Waals surface area contributed by atoms with Crippen molar-refractivity contribution in [2.75, 3.05) is 6.54 Å². The smallest absolute Gasteiger partial charge is 0.112 e. The van der Waals surface area contributed by atoms with E-state index in [2.05, 4.69) is 37.7 Å². The second-order valence-electron chi connectivity index (χ2n) is 4.51. The van der Waals surface area contributed by atoms with Crippen LogP contribution in [-0.4, -0.2) is 28.7 Å². The molecule has 0 saturated heterocycles. The predicted octanol–water partition coefficient (Wildman–Crippen LogP) is 2.45. The van der Waals surface area contributed by atoms with Gasteiger partial charge in [0.25, 0.3) is 0 Å². The molecule has 0 amide bonds. The first kappa shape index (κ1) is 12.4. The number of hydrogen-bond acceptors (Lipinski definition) is 1. The molecule has 3 heteroatoms. The minimum absolute atomic E-state index is 0.105. The van der Waals surface area contributed by atoms with E-state index in [0.29, 0.717) is 0 Å². The van der Waals surface area contributed by atoms with E-state index in [1.54, 1.807) is 0 Å². The van der Waals surface area contributed by atoms with Crippen LogP contribution in [0.15, 0.2) is 0 Å². The Kier molecular flexibility index (Phi) is 6.14. The first-order chi connectivity index (χ1) is 5.52. The largest absolute Gasteiger partial charge is 0.350 e. The summed E-state index contributed by atoms with van der Waals surface area (Å²) in [6.07, 6.45) is 2.72. The van der Waals surface area contributed by atoms with Gasteiger partial charge in [0.05, 0.1) is 9.68 Å². The molecule has 0 rings (SSSR count). The van der Waals surface area contributed by atoms with Crippen LogP contribution in [0.25, 0.3) is 0 Å². The summed E-state index contributed by atoms with van der Waals surface area (Å²) >= 11 is 0. The number of hydrogen-bond donors (Lipinski definition) is 0. The second kappa shape index (κ2) is 5.94. The maximum Gasteiger partial charge on any atom is 0.112 e. The van der Waals surface area contributed by atoms with Gasteiger partial charge < -0.3 is 4.23 Å². The summed E-state index contributed by atoms with van der Waals surface area (Å²) in [7, 11) is -0.845. The Morgan fingerprint density at radius 1 is 1.08 bits per heavy atom. The van der Waals surface area contributed by atoms with E-state index in [1.165, 1.54) is 25.4 Å². The molecule has 0 aromatic rings. The highest BCUT2D eigenvalue weighted by Crippen LogP contribution is 2.09. The highest BCUT2D eigenvalue weighted by molar-refractivity contribution is 6.79. The van der Waals surface area contributed by atoms with Crippen LogP contribution in [0.2, 0.25) is 25.7 Å². The summed E-state index contributed by atoms with van der Waals surface area (Å²) in [5.74, 6) is 0. The van der Waals surface area contributed by atoms with Crippen molar-refractivity contribution in [2.24, 2.45) is 0 Å². The van der Waals surface area contributed by atoms with E-state index < -0.39 is 8.24 Å². The molecule has 0 saturated carbocycles. The van der Waals surface area contributed by atoms with Crippen molar-refractivity contribution in [3.8, 4) is 0 Å². The lowest BCUT2D eigenvalue weighted by atomic mass is 10.5. The maximum absolute atomic E-state index is 2.86. The average Bonchev–Trinajstić information content (AvgIpc) is 1.95. The molecule has 0 aliphatic heterocycles. The van der Waals surface area contributed by atoms with Gasteiger partial charge in [0.2, 0.25) is 0 Å². The molecular weight excluding hydrogens is 178 g/mol. The third-order valence-corrected chi connectivity index (χ3v) is 9.74. The van der Waals surface area contributed by atoms with Gasteiger partial charge in [-0.05, 0) is 13.0 Å². The zero-order chi connectivity index (χ0) is 9.61. The molecule has 0 N–H and O–H groups in total. The molecule has 0 radical (unpaired) electrons.